The Morgan fingerprint density at radius 2 is 2.37 bits per heavy atom. The largest absolute Gasteiger partial charge is 0.384 e. The van der Waals surface area contributed by atoms with Gasteiger partial charge in [0.25, 0.3) is 5.91 Å². The molecular weight excluding hydrogens is 260 g/mol. The van der Waals surface area contributed by atoms with Crippen LogP contribution in [-0.2, 0) is 6.54 Å². The van der Waals surface area contributed by atoms with E-state index < -0.39 is 0 Å². The van der Waals surface area contributed by atoms with E-state index in [9.17, 15) is 4.79 Å². The molecule has 4 nitrogen and oxygen atoms in total. The molecule has 0 fully saturated rings. The maximum Gasteiger partial charge on any atom is 0.252 e. The predicted octanol–water partition coefficient (Wildman–Crippen LogP) is 1.42. The molecule has 0 saturated carbocycles. The predicted molar refractivity (Wildman–Crippen MR) is 73.7 cm³/mol. The van der Waals surface area contributed by atoms with Crippen LogP contribution in [0.1, 0.15) is 20.8 Å². The summed E-state index contributed by atoms with van der Waals surface area (Å²) in [6, 6.07) is 5.52. The van der Waals surface area contributed by atoms with Gasteiger partial charge in [-0.05, 0) is 17.5 Å². The molecule has 0 unspecified atom stereocenters. The SMILES string of the molecule is O=C(NCc1cccs1)c1ccncc1C#CCO. The van der Waals surface area contributed by atoms with Gasteiger partial charge in [-0.2, -0.15) is 0 Å². The lowest BCUT2D eigenvalue weighted by Crippen LogP contribution is -2.23. The average Bonchev–Trinajstić information content (AvgIpc) is 2.96. The Bertz CT molecular complexity index is 612. The van der Waals surface area contributed by atoms with Gasteiger partial charge >= 0.3 is 0 Å². The first kappa shape index (κ1) is 13.3. The van der Waals surface area contributed by atoms with Crippen LogP contribution in [-0.4, -0.2) is 22.6 Å². The highest BCUT2D eigenvalue weighted by Gasteiger charge is 2.09. The lowest BCUT2D eigenvalue weighted by molar-refractivity contribution is 0.0951. The fourth-order valence-electron chi connectivity index (χ4n) is 1.50. The second-order valence-corrected chi connectivity index (χ2v) is 4.68. The number of hydrogen-bond donors (Lipinski definition) is 2. The molecule has 2 heterocycles. The molecule has 0 spiro atoms. The first-order valence-corrected chi connectivity index (χ1v) is 6.53. The molecule has 0 aliphatic carbocycles. The number of thiophene rings is 1. The fraction of sp³-hybridized carbons (Fsp3) is 0.143. The number of carbonyl (C=O) groups is 1. The van der Waals surface area contributed by atoms with Crippen LogP contribution in [0.4, 0.5) is 0 Å². The van der Waals surface area contributed by atoms with E-state index in [0.29, 0.717) is 17.7 Å². The average molecular weight is 272 g/mol. The number of rotatable bonds is 3. The Hall–Kier alpha value is -2.16. The smallest absolute Gasteiger partial charge is 0.252 e. The van der Waals surface area contributed by atoms with E-state index in [2.05, 4.69) is 22.1 Å². The van der Waals surface area contributed by atoms with Gasteiger partial charge in [0.2, 0.25) is 0 Å². The van der Waals surface area contributed by atoms with Gasteiger partial charge < -0.3 is 10.4 Å². The zero-order valence-corrected chi connectivity index (χ0v) is 10.9. The van der Waals surface area contributed by atoms with E-state index >= 15 is 0 Å². The first-order valence-electron chi connectivity index (χ1n) is 5.65. The molecule has 2 N–H and O–H groups in total. The Balaban J connectivity index is 2.10. The van der Waals surface area contributed by atoms with Gasteiger partial charge in [0.05, 0.1) is 17.7 Å². The van der Waals surface area contributed by atoms with E-state index in [-0.39, 0.29) is 12.5 Å². The minimum atomic E-state index is -0.245. The number of carbonyl (C=O) groups excluding carboxylic acids is 1. The molecule has 0 aliphatic heterocycles. The molecule has 0 aliphatic rings. The number of nitrogens with one attached hydrogen (secondary N) is 1. The minimum absolute atomic E-state index is 0.196. The van der Waals surface area contributed by atoms with Crippen LogP contribution >= 0.6 is 11.3 Å². The van der Waals surface area contributed by atoms with Gasteiger partial charge in [-0.3, -0.25) is 9.78 Å². The lowest BCUT2D eigenvalue weighted by Gasteiger charge is -2.05. The summed E-state index contributed by atoms with van der Waals surface area (Å²) in [6.45, 7) is 0.247. The molecule has 2 rings (SSSR count). The zero-order chi connectivity index (χ0) is 13.5. The Kier molecular flexibility index (Phi) is 4.67. The van der Waals surface area contributed by atoms with Crippen LogP contribution < -0.4 is 5.32 Å². The summed E-state index contributed by atoms with van der Waals surface area (Å²) in [5, 5.41) is 13.5. The van der Waals surface area contributed by atoms with Crippen molar-refractivity contribution in [2.75, 3.05) is 6.61 Å². The molecule has 1 amide bonds. The summed E-state index contributed by atoms with van der Waals surface area (Å²) < 4.78 is 0. The standard InChI is InChI=1S/C14H12N2O2S/c17-7-1-3-11-9-15-6-5-13(11)14(18)16-10-12-4-2-8-19-12/h2,4-6,8-9,17H,7,10H2,(H,16,18). The summed E-state index contributed by atoms with van der Waals surface area (Å²) in [5.74, 6) is 5.04. The van der Waals surface area contributed by atoms with Crippen molar-refractivity contribution in [1.29, 1.82) is 0 Å². The molecule has 2 aromatic rings. The third-order valence-electron chi connectivity index (χ3n) is 2.37. The van der Waals surface area contributed by atoms with E-state index in [0.717, 1.165) is 4.88 Å². The van der Waals surface area contributed by atoms with Crippen LogP contribution in [0.2, 0.25) is 0 Å². The van der Waals surface area contributed by atoms with Crippen molar-refractivity contribution in [3.8, 4) is 11.8 Å². The zero-order valence-electron chi connectivity index (χ0n) is 10.1. The summed E-state index contributed by atoms with van der Waals surface area (Å²) in [7, 11) is 0. The quantitative estimate of drug-likeness (QED) is 0.831. The van der Waals surface area contributed by atoms with Crippen LogP contribution in [0.3, 0.4) is 0 Å². The molecule has 96 valence electrons. The van der Waals surface area contributed by atoms with Crippen LogP contribution in [0.15, 0.2) is 36.0 Å². The molecule has 5 heteroatoms. The van der Waals surface area contributed by atoms with Crippen molar-refractivity contribution in [2.45, 2.75) is 6.54 Å². The van der Waals surface area contributed by atoms with Gasteiger partial charge in [0, 0.05) is 17.3 Å². The van der Waals surface area contributed by atoms with Crippen LogP contribution in [0, 0.1) is 11.8 Å². The topological polar surface area (TPSA) is 62.2 Å². The van der Waals surface area contributed by atoms with Gasteiger partial charge in [-0.25, -0.2) is 0 Å². The highest BCUT2D eigenvalue weighted by molar-refractivity contribution is 7.09. The van der Waals surface area contributed by atoms with E-state index in [1.54, 1.807) is 23.6 Å². The van der Waals surface area contributed by atoms with Crippen molar-refractivity contribution in [3.63, 3.8) is 0 Å². The second-order valence-electron chi connectivity index (χ2n) is 3.64. The second kappa shape index (κ2) is 6.69. The normalized spacial score (nSPS) is 9.53. The number of nitrogens with zero attached hydrogens (tertiary/aromatic N) is 1. The molecular formula is C14H12N2O2S. The lowest BCUT2D eigenvalue weighted by atomic mass is 10.1. The minimum Gasteiger partial charge on any atom is -0.384 e. The highest BCUT2D eigenvalue weighted by atomic mass is 32.1. The van der Waals surface area contributed by atoms with Crippen LogP contribution in [0.25, 0.3) is 0 Å². The molecule has 19 heavy (non-hydrogen) atoms. The molecule has 0 radical (unpaired) electrons. The monoisotopic (exact) mass is 272 g/mol. The third kappa shape index (κ3) is 3.65. The van der Waals surface area contributed by atoms with Crippen molar-refractivity contribution >= 4 is 17.2 Å². The van der Waals surface area contributed by atoms with Crippen LogP contribution in [0.5, 0.6) is 0 Å². The van der Waals surface area contributed by atoms with Crippen molar-refractivity contribution in [2.24, 2.45) is 0 Å². The summed E-state index contributed by atoms with van der Waals surface area (Å²) >= 11 is 1.59. The number of pyridine rings is 1. The van der Waals surface area contributed by atoms with Crippen molar-refractivity contribution in [1.82, 2.24) is 10.3 Å². The number of amides is 1. The molecule has 0 bridgehead atoms. The number of aliphatic hydroxyl groups is 1. The van der Waals surface area contributed by atoms with Crippen molar-refractivity contribution in [3.05, 3.63) is 52.0 Å². The third-order valence-corrected chi connectivity index (χ3v) is 3.25. The molecule has 2 aromatic heterocycles. The van der Waals surface area contributed by atoms with Gasteiger partial charge in [0.15, 0.2) is 0 Å². The highest BCUT2D eigenvalue weighted by Crippen LogP contribution is 2.09. The summed E-state index contributed by atoms with van der Waals surface area (Å²) in [5.41, 5.74) is 0.979. The maximum atomic E-state index is 12.1. The number of hydrogen-bond acceptors (Lipinski definition) is 4. The van der Waals surface area contributed by atoms with E-state index in [1.807, 2.05) is 17.5 Å². The number of aromatic nitrogens is 1. The molecule has 0 atom stereocenters. The Labute approximate surface area is 115 Å². The van der Waals surface area contributed by atoms with E-state index in [1.165, 1.54) is 6.20 Å². The molecule has 0 saturated heterocycles. The Morgan fingerprint density at radius 1 is 1.47 bits per heavy atom. The maximum absolute atomic E-state index is 12.1. The first-order chi connectivity index (χ1) is 9.31. The van der Waals surface area contributed by atoms with Gasteiger partial charge in [0.1, 0.15) is 6.61 Å². The van der Waals surface area contributed by atoms with E-state index in [4.69, 9.17) is 5.11 Å². The molecule has 0 aromatic carbocycles. The van der Waals surface area contributed by atoms with Gasteiger partial charge in [-0.15, -0.1) is 11.3 Å². The summed E-state index contributed by atoms with van der Waals surface area (Å²) in [4.78, 5) is 17.1. The summed E-state index contributed by atoms with van der Waals surface area (Å²) in [6.07, 6.45) is 3.06. The van der Waals surface area contributed by atoms with Crippen molar-refractivity contribution < 1.29 is 9.90 Å². The number of aliphatic hydroxyl groups excluding tert-OH is 1. The fourth-order valence-corrected chi connectivity index (χ4v) is 2.15. The Morgan fingerprint density at radius 3 is 3.11 bits per heavy atom. The van der Waals surface area contributed by atoms with Gasteiger partial charge in [-0.1, -0.05) is 17.9 Å².